The summed E-state index contributed by atoms with van der Waals surface area (Å²) in [5.41, 5.74) is 2.81. The third-order valence-electron chi connectivity index (χ3n) is 10.0. The Morgan fingerprint density at radius 1 is 0.678 bits per heavy atom. The van der Waals surface area contributed by atoms with E-state index in [9.17, 15) is 9.59 Å². The molecule has 0 atom stereocenters. The van der Waals surface area contributed by atoms with E-state index < -0.39 is 0 Å². The van der Waals surface area contributed by atoms with Gasteiger partial charge in [-0.1, -0.05) is 69.3 Å². The first-order valence-corrected chi connectivity index (χ1v) is 21.2. The van der Waals surface area contributed by atoms with Crippen LogP contribution in [-0.2, 0) is 13.1 Å². The molecule has 7 rings (SSSR count). The lowest BCUT2D eigenvalue weighted by molar-refractivity contribution is 0.239. The first-order valence-electron chi connectivity index (χ1n) is 21.2. The van der Waals surface area contributed by atoms with Crippen LogP contribution in [0.15, 0.2) is 107 Å². The fourth-order valence-corrected chi connectivity index (χ4v) is 7.14. The summed E-state index contributed by atoms with van der Waals surface area (Å²) < 4.78 is 15.1. The highest BCUT2D eigenvalue weighted by atomic mass is 16.5. The van der Waals surface area contributed by atoms with Crippen LogP contribution in [0.2, 0.25) is 0 Å². The molecule has 2 N–H and O–H groups in total. The lowest BCUT2D eigenvalue weighted by Crippen LogP contribution is -2.37. The van der Waals surface area contributed by atoms with Gasteiger partial charge in [-0.15, -0.1) is 0 Å². The highest BCUT2D eigenvalue weighted by Crippen LogP contribution is 2.25. The van der Waals surface area contributed by atoms with Crippen LogP contribution >= 0.6 is 0 Å². The van der Waals surface area contributed by atoms with Gasteiger partial charge in [-0.2, -0.15) is 0 Å². The minimum absolute atomic E-state index is 0.0528. The molecule has 1 fully saturated rings. The summed E-state index contributed by atoms with van der Waals surface area (Å²) in [5, 5.41) is 7.88. The minimum atomic E-state index is -0.0718. The maximum absolute atomic E-state index is 13.5. The Morgan fingerprint density at radius 2 is 1.20 bits per heavy atom. The maximum atomic E-state index is 13.5. The van der Waals surface area contributed by atoms with E-state index in [1.807, 2.05) is 132 Å². The monoisotopic (exact) mass is 802 g/mol. The standard InChI is InChI=1S/C23H28N4O2.C22H28N4O2.C2H6/c1-2-29-21-12-6-5-11-20(21)27-22(17-26-15-8-7-13-24-14-16-26)25-19-10-4-3-9-18(19)23(27)28;1-4-25(15-14-23-3)16-21-24-18-11-7-6-10-17(18)22(27)26(21)19-12-8-9-13-20(19)28-5-2;1-2/h3-6,9-12,24H,2,7-8,13-17H2,1H3;6-13,23H,4-5,14-16H2,1-3H3;1-2H3. The molecule has 2 aromatic heterocycles. The lowest BCUT2D eigenvalue weighted by atomic mass is 10.2. The van der Waals surface area contributed by atoms with E-state index in [-0.39, 0.29) is 11.1 Å². The molecule has 59 heavy (non-hydrogen) atoms. The number of ether oxygens (including phenoxy) is 2. The summed E-state index contributed by atoms with van der Waals surface area (Å²) in [6.45, 7) is 18.9. The van der Waals surface area contributed by atoms with Crippen LogP contribution in [0.1, 0.15) is 59.1 Å². The number of aromatic nitrogens is 4. The van der Waals surface area contributed by atoms with Crippen molar-refractivity contribution in [1.82, 2.24) is 39.5 Å². The SMILES string of the molecule is CC.CCOc1ccccc1-n1c(CN(CC)CCNC)nc2ccccc2c1=O.CCOc1ccccc1-n1c(CN2CCCCNCC2)nc2ccccc2c1=O. The number of likely N-dealkylation sites (N-methyl/N-ethyl adjacent to an activating group) is 2. The van der Waals surface area contributed by atoms with E-state index in [1.165, 1.54) is 6.42 Å². The van der Waals surface area contributed by atoms with Gasteiger partial charge in [0.25, 0.3) is 11.1 Å². The van der Waals surface area contributed by atoms with Crippen LogP contribution in [0.3, 0.4) is 0 Å². The third-order valence-corrected chi connectivity index (χ3v) is 10.0. The van der Waals surface area contributed by atoms with Crippen molar-refractivity contribution in [2.45, 2.75) is 60.5 Å². The van der Waals surface area contributed by atoms with Gasteiger partial charge in [0.2, 0.25) is 0 Å². The summed E-state index contributed by atoms with van der Waals surface area (Å²) in [5.74, 6) is 2.85. The number of benzene rings is 4. The van der Waals surface area contributed by atoms with E-state index in [0.29, 0.717) is 54.4 Å². The molecule has 6 aromatic rings. The Kier molecular flexibility index (Phi) is 17.6. The topological polar surface area (TPSA) is 119 Å². The Hall–Kier alpha value is -5.40. The number of fused-ring (bicyclic) bond motifs is 2. The van der Waals surface area contributed by atoms with E-state index >= 15 is 0 Å². The molecule has 1 aliphatic heterocycles. The average molecular weight is 803 g/mol. The summed E-state index contributed by atoms with van der Waals surface area (Å²) in [7, 11) is 1.94. The van der Waals surface area contributed by atoms with Crippen molar-refractivity contribution in [3.05, 3.63) is 129 Å². The van der Waals surface area contributed by atoms with Crippen molar-refractivity contribution in [3.63, 3.8) is 0 Å². The van der Waals surface area contributed by atoms with Gasteiger partial charge in [0.05, 0.1) is 59.5 Å². The van der Waals surface area contributed by atoms with Gasteiger partial charge >= 0.3 is 0 Å². The van der Waals surface area contributed by atoms with Crippen LogP contribution in [0, 0.1) is 0 Å². The van der Waals surface area contributed by atoms with Gasteiger partial charge in [-0.3, -0.25) is 28.5 Å². The Morgan fingerprint density at radius 3 is 1.76 bits per heavy atom. The van der Waals surface area contributed by atoms with E-state index in [2.05, 4.69) is 27.4 Å². The van der Waals surface area contributed by atoms with Gasteiger partial charge in [-0.25, -0.2) is 9.97 Å². The molecule has 0 aliphatic carbocycles. The number of nitrogens with zero attached hydrogens (tertiary/aromatic N) is 6. The number of hydrogen-bond donors (Lipinski definition) is 2. The first-order chi connectivity index (χ1) is 29.0. The van der Waals surface area contributed by atoms with Crippen LogP contribution in [0.25, 0.3) is 33.2 Å². The molecule has 0 spiro atoms. The summed E-state index contributed by atoms with van der Waals surface area (Å²) in [4.78, 5) is 41.3. The minimum Gasteiger partial charge on any atom is -0.492 e. The third kappa shape index (κ3) is 11.4. The van der Waals surface area contributed by atoms with Crippen LogP contribution in [0.5, 0.6) is 11.5 Å². The molecule has 0 radical (unpaired) electrons. The molecular formula is C47H62N8O4. The second-order valence-corrected chi connectivity index (χ2v) is 13.9. The normalized spacial score (nSPS) is 13.2. The first kappa shape index (κ1) is 44.7. The zero-order valence-corrected chi connectivity index (χ0v) is 35.7. The van der Waals surface area contributed by atoms with Gasteiger partial charge < -0.3 is 20.1 Å². The van der Waals surface area contributed by atoms with Crippen molar-refractivity contribution >= 4 is 21.8 Å². The van der Waals surface area contributed by atoms with Gasteiger partial charge in [0, 0.05) is 26.2 Å². The van der Waals surface area contributed by atoms with Gasteiger partial charge in [0.15, 0.2) is 0 Å². The van der Waals surface area contributed by atoms with E-state index in [1.54, 1.807) is 9.13 Å². The number of nitrogens with one attached hydrogen (secondary N) is 2. The Labute approximate surface area is 348 Å². The summed E-state index contributed by atoms with van der Waals surface area (Å²) >= 11 is 0. The molecule has 12 nitrogen and oxygen atoms in total. The van der Waals surface area contributed by atoms with Crippen molar-refractivity contribution in [1.29, 1.82) is 0 Å². The van der Waals surface area contributed by atoms with Gasteiger partial charge in [0.1, 0.15) is 23.1 Å². The fraction of sp³-hybridized carbons (Fsp3) is 0.404. The molecule has 0 unspecified atom stereocenters. The Bertz CT molecular complexity index is 2330. The second kappa shape index (κ2) is 23.3. The van der Waals surface area contributed by atoms with Gasteiger partial charge in [-0.05, 0) is 102 Å². The number of rotatable bonds is 14. The maximum Gasteiger partial charge on any atom is 0.266 e. The highest BCUT2D eigenvalue weighted by molar-refractivity contribution is 5.79. The van der Waals surface area contributed by atoms with Crippen molar-refractivity contribution in [2.24, 2.45) is 0 Å². The number of hydrogen-bond acceptors (Lipinski definition) is 10. The molecule has 0 amide bonds. The molecule has 3 heterocycles. The van der Waals surface area contributed by atoms with E-state index in [4.69, 9.17) is 19.4 Å². The molecule has 0 saturated carbocycles. The van der Waals surface area contributed by atoms with Crippen LogP contribution < -0.4 is 31.2 Å². The zero-order chi connectivity index (χ0) is 42.0. The molecular weight excluding hydrogens is 741 g/mol. The summed E-state index contributed by atoms with van der Waals surface area (Å²) in [6, 6.07) is 30.4. The number of para-hydroxylation sites is 6. The zero-order valence-electron chi connectivity index (χ0n) is 35.7. The van der Waals surface area contributed by atoms with Crippen LogP contribution in [-0.4, -0.2) is 95.0 Å². The molecule has 0 bridgehead atoms. The highest BCUT2D eigenvalue weighted by Gasteiger charge is 2.20. The van der Waals surface area contributed by atoms with Crippen LogP contribution in [0.4, 0.5) is 0 Å². The molecule has 1 aliphatic rings. The fourth-order valence-electron chi connectivity index (χ4n) is 7.14. The van der Waals surface area contributed by atoms with Crippen molar-refractivity contribution in [3.8, 4) is 22.9 Å². The van der Waals surface area contributed by atoms with Crippen molar-refractivity contribution < 1.29 is 9.47 Å². The molecule has 4 aromatic carbocycles. The molecule has 12 heteroatoms. The average Bonchev–Trinajstić information content (AvgIpc) is 3.25. The smallest absolute Gasteiger partial charge is 0.266 e. The largest absolute Gasteiger partial charge is 0.492 e. The summed E-state index contributed by atoms with van der Waals surface area (Å²) in [6.07, 6.45) is 2.31. The predicted molar refractivity (Wildman–Crippen MR) is 241 cm³/mol. The predicted octanol–water partition coefficient (Wildman–Crippen LogP) is 6.82. The van der Waals surface area contributed by atoms with E-state index in [0.717, 1.165) is 80.5 Å². The van der Waals surface area contributed by atoms with Crippen molar-refractivity contribution in [2.75, 3.05) is 66.1 Å². The quantitative estimate of drug-likeness (QED) is 0.122. The second-order valence-electron chi connectivity index (χ2n) is 13.9. The molecule has 314 valence electrons. The molecule has 1 saturated heterocycles. The Balaban J connectivity index is 0.000000215. The lowest BCUT2D eigenvalue weighted by Gasteiger charge is -2.26.